The maximum Gasteiger partial charge on any atom is 0.130 e. The molecule has 0 aliphatic carbocycles. The van der Waals surface area contributed by atoms with Crippen LogP contribution < -0.4 is 9.47 Å². The van der Waals surface area contributed by atoms with Crippen molar-refractivity contribution in [1.29, 1.82) is 0 Å². The normalized spacial score (nSPS) is 17.9. The summed E-state index contributed by atoms with van der Waals surface area (Å²) in [6, 6.07) is 23.4. The number of aromatic nitrogens is 2. The number of aliphatic hydroxyl groups is 1. The van der Waals surface area contributed by atoms with Crippen molar-refractivity contribution in [2.45, 2.75) is 19.1 Å². The number of hydrogen-bond donors (Lipinski definition) is 1. The molecule has 0 amide bonds. The highest BCUT2D eigenvalue weighted by Gasteiger charge is 2.30. The van der Waals surface area contributed by atoms with Crippen molar-refractivity contribution < 1.29 is 14.6 Å². The average molecular weight is 398 g/mol. The first-order valence-corrected chi connectivity index (χ1v) is 10.1. The van der Waals surface area contributed by atoms with E-state index in [2.05, 4.69) is 9.97 Å². The molecule has 1 aliphatic rings. The fraction of sp³-hybridized carbons (Fsp3) is 0.200. The molecule has 0 bridgehead atoms. The first kappa shape index (κ1) is 18.6. The molecule has 1 aliphatic heterocycles. The molecule has 5 rings (SSSR count). The summed E-state index contributed by atoms with van der Waals surface area (Å²) < 4.78 is 11.9. The Bertz CT molecular complexity index is 1160. The van der Waals surface area contributed by atoms with E-state index < -0.39 is 6.10 Å². The van der Waals surface area contributed by atoms with Crippen LogP contribution in [0, 0.1) is 5.92 Å². The lowest BCUT2D eigenvalue weighted by molar-refractivity contribution is 0.0499. The van der Waals surface area contributed by atoms with Gasteiger partial charge < -0.3 is 14.6 Å². The van der Waals surface area contributed by atoms with E-state index in [1.807, 2.05) is 72.8 Å². The summed E-state index contributed by atoms with van der Waals surface area (Å²) in [7, 11) is 0. The zero-order valence-electron chi connectivity index (χ0n) is 16.4. The van der Waals surface area contributed by atoms with Crippen LogP contribution in [0.2, 0.25) is 0 Å². The van der Waals surface area contributed by atoms with Gasteiger partial charge in [-0.2, -0.15) is 0 Å². The quantitative estimate of drug-likeness (QED) is 0.536. The van der Waals surface area contributed by atoms with Crippen molar-refractivity contribution in [2.75, 3.05) is 6.61 Å². The molecule has 0 unspecified atom stereocenters. The third-order valence-corrected chi connectivity index (χ3v) is 5.44. The van der Waals surface area contributed by atoms with Crippen LogP contribution >= 0.6 is 0 Å². The van der Waals surface area contributed by atoms with Gasteiger partial charge in [0.2, 0.25) is 0 Å². The molecule has 0 saturated carbocycles. The van der Waals surface area contributed by atoms with E-state index >= 15 is 0 Å². The minimum Gasteiger partial charge on any atom is -0.493 e. The summed E-state index contributed by atoms with van der Waals surface area (Å²) >= 11 is 0. The van der Waals surface area contributed by atoms with Crippen LogP contribution in [0.1, 0.15) is 23.1 Å². The van der Waals surface area contributed by atoms with Crippen molar-refractivity contribution in [3.05, 3.63) is 95.9 Å². The molecule has 5 nitrogen and oxygen atoms in total. The monoisotopic (exact) mass is 398 g/mol. The van der Waals surface area contributed by atoms with Crippen molar-refractivity contribution in [3.63, 3.8) is 0 Å². The standard InChI is InChI=1S/C25H22N2O3/c28-25-18(13-19-6-3-4-12-26-19)15-30-24-11-10-21(14-22(24)25)29-16-20-9-8-17-5-1-2-7-23(17)27-20/h1-12,14,18,25,28H,13,15-16H2/t18-,25+/m0/s1. The molecule has 4 aromatic rings. The summed E-state index contributed by atoms with van der Waals surface area (Å²) in [5, 5.41) is 12.0. The first-order valence-electron chi connectivity index (χ1n) is 10.1. The predicted molar refractivity (Wildman–Crippen MR) is 114 cm³/mol. The molecule has 0 radical (unpaired) electrons. The van der Waals surface area contributed by atoms with Gasteiger partial charge in [0.1, 0.15) is 18.1 Å². The lowest BCUT2D eigenvalue weighted by Gasteiger charge is -2.30. The summed E-state index contributed by atoms with van der Waals surface area (Å²) in [5.74, 6) is 1.34. The zero-order valence-corrected chi connectivity index (χ0v) is 16.4. The number of ether oxygens (including phenoxy) is 2. The van der Waals surface area contributed by atoms with Crippen molar-refractivity contribution in [3.8, 4) is 11.5 Å². The number of nitrogens with zero attached hydrogens (tertiary/aromatic N) is 2. The summed E-state index contributed by atoms with van der Waals surface area (Å²) in [5.41, 5.74) is 3.51. The van der Waals surface area contributed by atoms with E-state index in [1.54, 1.807) is 6.20 Å². The summed E-state index contributed by atoms with van der Waals surface area (Å²) in [6.07, 6.45) is 1.80. The molecular weight excluding hydrogens is 376 g/mol. The Morgan fingerprint density at radius 3 is 2.77 bits per heavy atom. The van der Waals surface area contributed by atoms with Crippen molar-refractivity contribution in [2.24, 2.45) is 5.92 Å². The first-order chi connectivity index (χ1) is 14.8. The Morgan fingerprint density at radius 2 is 1.87 bits per heavy atom. The molecule has 2 atom stereocenters. The van der Waals surface area contributed by atoms with E-state index in [1.165, 1.54) is 0 Å². The minimum atomic E-state index is -0.627. The molecule has 0 spiro atoms. The van der Waals surface area contributed by atoms with Gasteiger partial charge >= 0.3 is 0 Å². The molecule has 150 valence electrons. The summed E-state index contributed by atoms with van der Waals surface area (Å²) in [4.78, 5) is 9.01. The SMILES string of the molecule is O[C@H]1c2cc(OCc3ccc4ccccc4n3)ccc2OC[C@@H]1Cc1ccccn1. The molecule has 3 heterocycles. The van der Waals surface area contributed by atoms with Crippen LogP contribution in [0.25, 0.3) is 10.9 Å². The van der Waals surface area contributed by atoms with E-state index in [0.29, 0.717) is 31.1 Å². The molecule has 2 aromatic carbocycles. The third-order valence-electron chi connectivity index (χ3n) is 5.44. The van der Waals surface area contributed by atoms with E-state index in [4.69, 9.17) is 9.47 Å². The van der Waals surface area contributed by atoms with Gasteiger partial charge in [0.25, 0.3) is 0 Å². The van der Waals surface area contributed by atoms with Crippen molar-refractivity contribution in [1.82, 2.24) is 9.97 Å². The Labute approximate surface area is 175 Å². The van der Waals surface area contributed by atoms with Gasteiger partial charge in [-0.1, -0.05) is 30.3 Å². The highest BCUT2D eigenvalue weighted by Crippen LogP contribution is 2.38. The van der Waals surface area contributed by atoms with Gasteiger partial charge in [-0.3, -0.25) is 4.98 Å². The number of aliphatic hydroxyl groups excluding tert-OH is 1. The summed E-state index contributed by atoms with van der Waals surface area (Å²) in [6.45, 7) is 0.823. The average Bonchev–Trinajstić information content (AvgIpc) is 2.80. The molecule has 30 heavy (non-hydrogen) atoms. The Balaban J connectivity index is 1.30. The second-order valence-corrected chi connectivity index (χ2v) is 7.52. The van der Waals surface area contributed by atoms with Gasteiger partial charge in [-0.15, -0.1) is 0 Å². The second-order valence-electron chi connectivity index (χ2n) is 7.52. The number of fused-ring (bicyclic) bond motifs is 2. The van der Waals surface area contributed by atoms with Gasteiger partial charge in [0.05, 0.1) is 23.9 Å². The highest BCUT2D eigenvalue weighted by atomic mass is 16.5. The topological polar surface area (TPSA) is 64.5 Å². The largest absolute Gasteiger partial charge is 0.493 e. The maximum atomic E-state index is 10.9. The smallest absolute Gasteiger partial charge is 0.130 e. The van der Waals surface area contributed by atoms with E-state index in [0.717, 1.165) is 27.9 Å². The lowest BCUT2D eigenvalue weighted by Crippen LogP contribution is -2.28. The maximum absolute atomic E-state index is 10.9. The lowest BCUT2D eigenvalue weighted by atomic mass is 9.89. The molecular formula is C25H22N2O3. The molecule has 2 aromatic heterocycles. The van der Waals surface area contributed by atoms with Gasteiger partial charge in [0.15, 0.2) is 0 Å². The van der Waals surface area contributed by atoms with Crippen LogP contribution in [0.15, 0.2) is 79.0 Å². The highest BCUT2D eigenvalue weighted by molar-refractivity contribution is 5.78. The zero-order chi connectivity index (χ0) is 20.3. The predicted octanol–water partition coefficient (Wildman–Crippen LogP) is 4.49. The van der Waals surface area contributed by atoms with Crippen LogP contribution in [-0.4, -0.2) is 21.7 Å². The van der Waals surface area contributed by atoms with Crippen molar-refractivity contribution >= 4 is 10.9 Å². The van der Waals surface area contributed by atoms with E-state index in [-0.39, 0.29) is 5.92 Å². The van der Waals surface area contributed by atoms with Gasteiger partial charge in [-0.05, 0) is 48.9 Å². The van der Waals surface area contributed by atoms with Crippen LogP contribution in [0.4, 0.5) is 0 Å². The fourth-order valence-corrected chi connectivity index (χ4v) is 3.82. The molecule has 0 fully saturated rings. The Kier molecular flexibility index (Phi) is 5.03. The molecule has 5 heteroatoms. The van der Waals surface area contributed by atoms with Crippen LogP contribution in [-0.2, 0) is 13.0 Å². The van der Waals surface area contributed by atoms with Gasteiger partial charge in [0, 0.05) is 28.8 Å². The number of para-hydroxylation sites is 1. The minimum absolute atomic E-state index is 0.0511. The number of pyridine rings is 2. The fourth-order valence-electron chi connectivity index (χ4n) is 3.82. The third kappa shape index (κ3) is 3.84. The number of hydrogen-bond acceptors (Lipinski definition) is 5. The molecule has 0 saturated heterocycles. The van der Waals surface area contributed by atoms with Crippen LogP contribution in [0.3, 0.4) is 0 Å². The molecule has 1 N–H and O–H groups in total. The Hall–Kier alpha value is -3.44. The van der Waals surface area contributed by atoms with Gasteiger partial charge in [-0.25, -0.2) is 4.98 Å². The number of benzene rings is 2. The van der Waals surface area contributed by atoms with E-state index in [9.17, 15) is 5.11 Å². The Morgan fingerprint density at radius 1 is 0.967 bits per heavy atom. The number of rotatable bonds is 5. The van der Waals surface area contributed by atoms with Crippen LogP contribution in [0.5, 0.6) is 11.5 Å². The second kappa shape index (κ2) is 8.13.